The molecular weight excluding hydrogens is 454 g/mol. The maximum atomic E-state index is 13.5. The van der Waals surface area contributed by atoms with Gasteiger partial charge in [-0.05, 0) is 36.8 Å². The van der Waals surface area contributed by atoms with Crippen LogP contribution in [0.2, 0.25) is 0 Å². The van der Waals surface area contributed by atoms with Crippen LogP contribution in [0, 0.1) is 5.92 Å². The molecule has 0 amide bonds. The van der Waals surface area contributed by atoms with Crippen molar-refractivity contribution in [1.29, 1.82) is 0 Å². The Kier molecular flexibility index (Phi) is 5.04. The van der Waals surface area contributed by atoms with E-state index in [1.807, 2.05) is 18.2 Å². The Morgan fingerprint density at radius 3 is 2.67 bits per heavy atom. The molecule has 2 unspecified atom stereocenters. The average Bonchev–Trinajstić information content (AvgIpc) is 3.07. The van der Waals surface area contributed by atoms with E-state index in [4.69, 9.17) is 9.47 Å². The fourth-order valence-corrected chi connectivity index (χ4v) is 5.43. The van der Waals surface area contributed by atoms with Gasteiger partial charge in [0.15, 0.2) is 4.80 Å². The second-order valence-corrected chi connectivity index (χ2v) is 8.78. The second kappa shape index (κ2) is 7.80. The number of fused-ring (bicyclic) bond motifs is 6. The van der Waals surface area contributed by atoms with E-state index < -0.39 is 30.3 Å². The monoisotopic (exact) mass is 472 g/mol. The van der Waals surface area contributed by atoms with Crippen molar-refractivity contribution in [2.24, 2.45) is 10.9 Å². The van der Waals surface area contributed by atoms with Crippen LogP contribution in [0.5, 0.6) is 11.5 Å². The van der Waals surface area contributed by atoms with Crippen LogP contribution in [0.1, 0.15) is 24.1 Å². The van der Waals surface area contributed by atoms with Crippen molar-refractivity contribution in [3.63, 3.8) is 0 Å². The Morgan fingerprint density at radius 1 is 1.24 bits per heavy atom. The van der Waals surface area contributed by atoms with Gasteiger partial charge in [0.2, 0.25) is 5.72 Å². The molecule has 170 valence electrons. The Labute approximate surface area is 190 Å². The maximum absolute atomic E-state index is 13.5. The Bertz CT molecular complexity index is 1420. The van der Waals surface area contributed by atoms with E-state index in [-0.39, 0.29) is 11.3 Å². The van der Waals surface area contributed by atoms with Gasteiger partial charge in [-0.1, -0.05) is 41.7 Å². The summed E-state index contributed by atoms with van der Waals surface area (Å²) in [4.78, 5) is 31.3. The maximum Gasteiger partial charge on any atom is 0.387 e. The minimum Gasteiger partial charge on any atom is -0.469 e. The molecule has 2 aliphatic rings. The van der Waals surface area contributed by atoms with Crippen molar-refractivity contribution in [2.45, 2.75) is 25.3 Å². The number of thiazole rings is 1. The van der Waals surface area contributed by atoms with Crippen LogP contribution in [-0.4, -0.2) is 30.0 Å². The predicted molar refractivity (Wildman–Crippen MR) is 115 cm³/mol. The number of aromatic nitrogens is 1. The smallest absolute Gasteiger partial charge is 0.387 e. The summed E-state index contributed by atoms with van der Waals surface area (Å²) in [5.74, 6) is -0.797. The van der Waals surface area contributed by atoms with Crippen LogP contribution in [0.15, 0.2) is 58.3 Å². The number of para-hydroxylation sites is 1. The van der Waals surface area contributed by atoms with Crippen LogP contribution in [-0.2, 0) is 9.53 Å². The van der Waals surface area contributed by atoms with Crippen molar-refractivity contribution in [1.82, 2.24) is 4.57 Å². The number of benzene rings is 2. The third kappa shape index (κ3) is 3.50. The van der Waals surface area contributed by atoms with Gasteiger partial charge in [-0.15, -0.1) is 0 Å². The van der Waals surface area contributed by atoms with E-state index in [9.17, 15) is 18.4 Å². The minimum absolute atomic E-state index is 0.0238. The molecule has 0 spiro atoms. The van der Waals surface area contributed by atoms with Gasteiger partial charge in [-0.25, -0.2) is 4.99 Å². The first kappa shape index (κ1) is 21.3. The molecule has 0 saturated carbocycles. The third-order valence-corrected chi connectivity index (χ3v) is 6.72. The number of halogens is 2. The van der Waals surface area contributed by atoms with Gasteiger partial charge in [-0.3, -0.25) is 14.2 Å². The van der Waals surface area contributed by atoms with E-state index in [1.165, 1.54) is 35.1 Å². The molecule has 2 bridgehead atoms. The van der Waals surface area contributed by atoms with Gasteiger partial charge < -0.3 is 14.2 Å². The summed E-state index contributed by atoms with van der Waals surface area (Å²) < 4.78 is 42.2. The fourth-order valence-electron chi connectivity index (χ4n) is 4.33. The van der Waals surface area contributed by atoms with Crippen LogP contribution in [0.3, 0.4) is 0 Å². The normalized spacial score (nSPS) is 23.2. The largest absolute Gasteiger partial charge is 0.469 e. The number of rotatable bonds is 4. The number of alkyl halides is 2. The molecule has 3 heterocycles. The first-order valence-corrected chi connectivity index (χ1v) is 10.9. The Balaban J connectivity index is 1.67. The molecule has 33 heavy (non-hydrogen) atoms. The molecule has 0 N–H and O–H groups in total. The molecular formula is C23H18F2N2O5S. The Hall–Kier alpha value is -3.53. The third-order valence-electron chi connectivity index (χ3n) is 5.74. The van der Waals surface area contributed by atoms with Crippen LogP contribution < -0.4 is 24.4 Å². The van der Waals surface area contributed by atoms with Crippen molar-refractivity contribution in [2.75, 3.05) is 7.11 Å². The zero-order valence-electron chi connectivity index (χ0n) is 17.5. The lowest BCUT2D eigenvalue weighted by Gasteiger charge is -2.44. The van der Waals surface area contributed by atoms with Gasteiger partial charge in [0, 0.05) is 5.56 Å². The summed E-state index contributed by atoms with van der Waals surface area (Å²) in [6, 6.07) is 12.5. The first-order valence-electron chi connectivity index (χ1n) is 10.0. The summed E-state index contributed by atoms with van der Waals surface area (Å²) in [7, 11) is 1.29. The highest BCUT2D eigenvalue weighted by molar-refractivity contribution is 7.07. The van der Waals surface area contributed by atoms with E-state index in [1.54, 1.807) is 31.2 Å². The van der Waals surface area contributed by atoms with Gasteiger partial charge >= 0.3 is 12.6 Å². The van der Waals surface area contributed by atoms with Crippen LogP contribution in [0.25, 0.3) is 6.08 Å². The fraction of sp³-hybridized carbons (Fsp3) is 0.261. The van der Waals surface area contributed by atoms with Gasteiger partial charge in [0.05, 0.1) is 17.7 Å². The van der Waals surface area contributed by atoms with Crippen molar-refractivity contribution in [3.05, 3.63) is 79.3 Å². The number of carbonyl (C=O) groups excluding carboxylic acids is 1. The zero-order chi connectivity index (χ0) is 23.3. The van der Waals surface area contributed by atoms with E-state index in [2.05, 4.69) is 9.73 Å². The first-order chi connectivity index (χ1) is 15.8. The van der Waals surface area contributed by atoms with Gasteiger partial charge in [0.1, 0.15) is 17.4 Å². The summed E-state index contributed by atoms with van der Waals surface area (Å²) in [6.07, 6.45) is 1.65. The molecule has 5 rings (SSSR count). The van der Waals surface area contributed by atoms with E-state index >= 15 is 0 Å². The lowest BCUT2D eigenvalue weighted by Crippen LogP contribution is -2.58. The van der Waals surface area contributed by atoms with Crippen LogP contribution in [0.4, 0.5) is 8.78 Å². The minimum atomic E-state index is -2.91. The summed E-state index contributed by atoms with van der Waals surface area (Å²) in [5.41, 5.74) is -0.233. The summed E-state index contributed by atoms with van der Waals surface area (Å²) in [5, 5.41) is 0. The molecule has 2 aromatic carbocycles. The molecule has 0 radical (unpaired) electrons. The quantitative estimate of drug-likeness (QED) is 0.545. The molecule has 3 atom stereocenters. The highest BCUT2D eigenvalue weighted by Crippen LogP contribution is 2.47. The number of carbonyl (C=O) groups is 1. The highest BCUT2D eigenvalue weighted by atomic mass is 32.1. The van der Waals surface area contributed by atoms with Gasteiger partial charge in [0.25, 0.3) is 5.56 Å². The zero-order valence-corrected chi connectivity index (χ0v) is 18.3. The number of hydrogen-bond donors (Lipinski definition) is 0. The molecule has 3 aromatic rings. The topological polar surface area (TPSA) is 79.1 Å². The highest BCUT2D eigenvalue weighted by Gasteiger charge is 2.55. The average molecular weight is 472 g/mol. The number of ether oxygens (including phenoxy) is 3. The molecule has 0 fully saturated rings. The second-order valence-electron chi connectivity index (χ2n) is 7.77. The van der Waals surface area contributed by atoms with E-state index in [0.717, 1.165) is 0 Å². The summed E-state index contributed by atoms with van der Waals surface area (Å²) >= 11 is 1.17. The van der Waals surface area contributed by atoms with E-state index in [0.29, 0.717) is 26.2 Å². The lowest BCUT2D eigenvalue weighted by molar-refractivity contribution is -0.158. The number of nitrogens with zero attached hydrogens (tertiary/aromatic N) is 2. The number of esters is 1. The molecule has 0 saturated heterocycles. The molecule has 2 aliphatic heterocycles. The molecule has 7 nitrogen and oxygen atoms in total. The van der Waals surface area contributed by atoms with Crippen molar-refractivity contribution < 1.29 is 27.8 Å². The van der Waals surface area contributed by atoms with Crippen molar-refractivity contribution in [3.8, 4) is 11.5 Å². The molecule has 1 aromatic heterocycles. The summed E-state index contributed by atoms with van der Waals surface area (Å²) in [6.45, 7) is -1.21. The van der Waals surface area contributed by atoms with Crippen LogP contribution >= 0.6 is 11.3 Å². The molecule has 0 aliphatic carbocycles. The standard InChI is InChI=1S/C23H18F2N2O5S/c1-23-17(20(29)30-2)18(14-5-3-4-6-15(14)32-23)27-19(28)16(33-22(27)26-23)11-12-7-9-13(10-8-12)31-21(24)25/h3-11,17-18,21H,1-2H3/b16-11+/t17?,18?,23-/m0/s1. The lowest BCUT2D eigenvalue weighted by atomic mass is 9.81. The van der Waals surface area contributed by atoms with Crippen molar-refractivity contribution >= 4 is 23.4 Å². The molecule has 10 heteroatoms. The number of hydrogen-bond acceptors (Lipinski definition) is 7. The van der Waals surface area contributed by atoms with Gasteiger partial charge in [-0.2, -0.15) is 8.78 Å². The number of methoxy groups -OCH3 is 1. The SMILES string of the molecule is COC(=O)C1C2c3ccccc3O[C@]1(C)N=c1s/c(=C/c3ccc(OC(F)F)cc3)c(=O)n12. The predicted octanol–water partition coefficient (Wildman–Crippen LogP) is 2.46. The Morgan fingerprint density at radius 2 is 1.97 bits per heavy atom.